The van der Waals surface area contributed by atoms with Gasteiger partial charge in [-0.15, -0.1) is 10.2 Å². The van der Waals surface area contributed by atoms with Crippen molar-refractivity contribution >= 4 is 23.6 Å². The molecule has 0 saturated heterocycles. The second-order valence-electron chi connectivity index (χ2n) is 6.66. The summed E-state index contributed by atoms with van der Waals surface area (Å²) in [5.41, 5.74) is 3.20. The summed E-state index contributed by atoms with van der Waals surface area (Å²) in [7, 11) is 0. The molecule has 0 bridgehead atoms. The van der Waals surface area contributed by atoms with Crippen LogP contribution in [0.25, 0.3) is 5.69 Å². The van der Waals surface area contributed by atoms with Gasteiger partial charge < -0.3 is 0 Å². The van der Waals surface area contributed by atoms with Gasteiger partial charge in [-0.25, -0.2) is 0 Å². The highest BCUT2D eigenvalue weighted by atomic mass is 32.2. The first-order valence-electron chi connectivity index (χ1n) is 9.14. The van der Waals surface area contributed by atoms with Crippen LogP contribution in [0.15, 0.2) is 53.7 Å². The molecule has 0 spiro atoms. The van der Waals surface area contributed by atoms with E-state index >= 15 is 0 Å². The molecule has 1 aliphatic rings. The first-order valence-corrected chi connectivity index (χ1v) is 10.1. The molecule has 0 radical (unpaired) electrons. The van der Waals surface area contributed by atoms with Crippen molar-refractivity contribution in [3.8, 4) is 5.69 Å². The fourth-order valence-corrected chi connectivity index (χ4v) is 4.27. The quantitative estimate of drug-likeness (QED) is 0.364. The number of imide groups is 1. The monoisotopic (exact) mass is 392 g/mol. The Morgan fingerprint density at radius 2 is 1.54 bits per heavy atom. The van der Waals surface area contributed by atoms with E-state index in [-0.39, 0.29) is 11.8 Å². The molecule has 2 amide bonds. The van der Waals surface area contributed by atoms with Crippen LogP contribution in [0.3, 0.4) is 0 Å². The molecule has 2 heterocycles. The lowest BCUT2D eigenvalue weighted by molar-refractivity contribution is 0.0655. The van der Waals surface area contributed by atoms with Crippen LogP contribution in [-0.4, -0.2) is 43.8 Å². The Labute approximate surface area is 167 Å². The number of thioether (sulfide) groups is 1. The van der Waals surface area contributed by atoms with Crippen molar-refractivity contribution in [3.63, 3.8) is 0 Å². The smallest absolute Gasteiger partial charge is 0.261 e. The Hall–Kier alpha value is -2.93. The SMILES string of the molecule is Cc1ccccc1-n1c(C)nnc1SCCCN1C(=O)c2ccccc2C1=O. The number of hydrogen-bond acceptors (Lipinski definition) is 5. The molecule has 0 aliphatic carbocycles. The van der Waals surface area contributed by atoms with Crippen molar-refractivity contribution in [1.29, 1.82) is 0 Å². The molecule has 0 unspecified atom stereocenters. The maximum atomic E-state index is 12.4. The zero-order valence-electron chi connectivity index (χ0n) is 15.8. The molecule has 7 heteroatoms. The first kappa shape index (κ1) is 18.4. The standard InChI is InChI=1S/C21H20N4O2S/c1-14-8-3-6-11-18(14)25-15(2)22-23-21(25)28-13-7-12-24-19(26)16-9-4-5-10-17(16)20(24)27/h3-6,8-11H,7,12-13H2,1-2H3. The third kappa shape index (κ3) is 3.22. The number of carbonyl (C=O) groups is 2. The molecule has 1 aliphatic heterocycles. The van der Waals surface area contributed by atoms with Gasteiger partial charge in [0.05, 0.1) is 16.8 Å². The Bertz CT molecular complexity index is 1030. The summed E-state index contributed by atoms with van der Waals surface area (Å²) in [6.07, 6.45) is 0.690. The van der Waals surface area contributed by atoms with Crippen LogP contribution in [0, 0.1) is 13.8 Å². The van der Waals surface area contributed by atoms with Crippen molar-refractivity contribution in [3.05, 3.63) is 71.0 Å². The number of fused-ring (bicyclic) bond motifs is 1. The molecular weight excluding hydrogens is 372 g/mol. The Kier molecular flexibility index (Phi) is 5.00. The Morgan fingerprint density at radius 3 is 2.21 bits per heavy atom. The second-order valence-corrected chi connectivity index (χ2v) is 7.72. The fraction of sp³-hybridized carbons (Fsp3) is 0.238. The highest BCUT2D eigenvalue weighted by Crippen LogP contribution is 2.26. The molecule has 2 aromatic carbocycles. The molecule has 0 fully saturated rings. The van der Waals surface area contributed by atoms with Gasteiger partial charge in [-0.3, -0.25) is 19.1 Å². The number of amides is 2. The minimum absolute atomic E-state index is 0.204. The van der Waals surface area contributed by atoms with Gasteiger partial charge in [-0.1, -0.05) is 42.1 Å². The molecular formula is C21H20N4O2S. The number of benzene rings is 2. The normalized spacial score (nSPS) is 13.3. The number of aromatic nitrogens is 3. The minimum Gasteiger partial charge on any atom is -0.274 e. The second kappa shape index (κ2) is 7.59. The minimum atomic E-state index is -0.204. The average molecular weight is 392 g/mol. The van der Waals surface area contributed by atoms with E-state index in [4.69, 9.17) is 0 Å². The van der Waals surface area contributed by atoms with Gasteiger partial charge in [0.1, 0.15) is 5.82 Å². The van der Waals surface area contributed by atoms with Crippen molar-refractivity contribution in [2.75, 3.05) is 12.3 Å². The Morgan fingerprint density at radius 1 is 0.893 bits per heavy atom. The van der Waals surface area contributed by atoms with E-state index in [2.05, 4.69) is 29.3 Å². The summed E-state index contributed by atoms with van der Waals surface area (Å²) in [6.45, 7) is 4.39. The molecule has 0 saturated carbocycles. The molecule has 6 nitrogen and oxygen atoms in total. The van der Waals surface area contributed by atoms with Crippen molar-refractivity contribution in [2.24, 2.45) is 0 Å². The lowest BCUT2D eigenvalue weighted by Gasteiger charge is -2.14. The van der Waals surface area contributed by atoms with Crippen LogP contribution in [0.2, 0.25) is 0 Å². The summed E-state index contributed by atoms with van der Waals surface area (Å²) < 4.78 is 2.04. The predicted molar refractivity (Wildman–Crippen MR) is 108 cm³/mol. The average Bonchev–Trinajstić information content (AvgIpc) is 3.18. The summed E-state index contributed by atoms with van der Waals surface area (Å²) in [5, 5.41) is 9.32. The van der Waals surface area contributed by atoms with Gasteiger partial charge in [-0.05, 0) is 44.0 Å². The van der Waals surface area contributed by atoms with Crippen molar-refractivity contribution in [2.45, 2.75) is 25.4 Å². The predicted octanol–water partition coefficient (Wildman–Crippen LogP) is 3.66. The largest absolute Gasteiger partial charge is 0.274 e. The van der Waals surface area contributed by atoms with Gasteiger partial charge in [-0.2, -0.15) is 0 Å². The van der Waals surface area contributed by atoms with Crippen LogP contribution in [0.1, 0.15) is 38.5 Å². The van der Waals surface area contributed by atoms with Crippen molar-refractivity contribution < 1.29 is 9.59 Å². The van der Waals surface area contributed by atoms with E-state index in [9.17, 15) is 9.59 Å². The topological polar surface area (TPSA) is 68.1 Å². The molecule has 0 N–H and O–H groups in total. The zero-order valence-corrected chi connectivity index (χ0v) is 16.6. The highest BCUT2D eigenvalue weighted by Gasteiger charge is 2.34. The zero-order chi connectivity index (χ0) is 19.7. The third-order valence-corrected chi connectivity index (χ3v) is 5.80. The number of nitrogens with zero attached hydrogens (tertiary/aromatic N) is 4. The maximum Gasteiger partial charge on any atom is 0.261 e. The molecule has 142 valence electrons. The van der Waals surface area contributed by atoms with E-state index in [1.165, 1.54) is 4.90 Å². The molecule has 0 atom stereocenters. The van der Waals surface area contributed by atoms with Crippen LogP contribution in [0.5, 0.6) is 0 Å². The Balaban J connectivity index is 1.41. The number of hydrogen-bond donors (Lipinski definition) is 0. The number of carbonyl (C=O) groups excluding carboxylic acids is 2. The van der Waals surface area contributed by atoms with Gasteiger partial charge >= 0.3 is 0 Å². The highest BCUT2D eigenvalue weighted by molar-refractivity contribution is 7.99. The van der Waals surface area contributed by atoms with Gasteiger partial charge in [0.15, 0.2) is 5.16 Å². The lowest BCUT2D eigenvalue weighted by atomic mass is 10.1. The van der Waals surface area contributed by atoms with Crippen molar-refractivity contribution in [1.82, 2.24) is 19.7 Å². The summed E-state index contributed by atoms with van der Waals surface area (Å²) in [5.74, 6) is 1.16. The van der Waals surface area contributed by atoms with E-state index in [1.807, 2.05) is 23.6 Å². The number of rotatable bonds is 6. The summed E-state index contributed by atoms with van der Waals surface area (Å²) in [4.78, 5) is 26.2. The molecule has 28 heavy (non-hydrogen) atoms. The van der Waals surface area contributed by atoms with Gasteiger partial charge in [0, 0.05) is 12.3 Å². The fourth-order valence-electron chi connectivity index (χ4n) is 3.36. The van der Waals surface area contributed by atoms with E-state index < -0.39 is 0 Å². The number of para-hydroxylation sites is 1. The van der Waals surface area contributed by atoms with Crippen LogP contribution in [-0.2, 0) is 0 Å². The van der Waals surface area contributed by atoms with E-state index in [1.54, 1.807) is 36.0 Å². The van der Waals surface area contributed by atoms with E-state index in [0.717, 1.165) is 28.0 Å². The number of aryl methyl sites for hydroxylation is 2. The molecule has 3 aromatic rings. The van der Waals surface area contributed by atoms with Crippen LogP contribution in [0.4, 0.5) is 0 Å². The summed E-state index contributed by atoms with van der Waals surface area (Å²) in [6, 6.07) is 15.1. The summed E-state index contributed by atoms with van der Waals surface area (Å²) >= 11 is 1.58. The van der Waals surface area contributed by atoms with Gasteiger partial charge in [0.2, 0.25) is 0 Å². The van der Waals surface area contributed by atoms with Crippen LogP contribution >= 0.6 is 11.8 Å². The molecule has 1 aromatic heterocycles. The van der Waals surface area contributed by atoms with Crippen LogP contribution < -0.4 is 0 Å². The molecule has 4 rings (SSSR count). The van der Waals surface area contributed by atoms with E-state index in [0.29, 0.717) is 24.1 Å². The maximum absolute atomic E-state index is 12.4. The lowest BCUT2D eigenvalue weighted by Crippen LogP contribution is -2.31. The first-order chi connectivity index (χ1) is 13.6. The van der Waals surface area contributed by atoms with Gasteiger partial charge in [0.25, 0.3) is 11.8 Å². The third-order valence-electron chi connectivity index (χ3n) is 4.79.